The van der Waals surface area contributed by atoms with E-state index in [1.807, 2.05) is 42.2 Å². The number of nitrogens with zero attached hydrogens (tertiary/aromatic N) is 4. The Labute approximate surface area is 225 Å². The van der Waals surface area contributed by atoms with Crippen molar-refractivity contribution in [3.8, 4) is 0 Å². The van der Waals surface area contributed by atoms with Crippen LogP contribution in [0, 0.1) is 0 Å². The number of rotatable bonds is 7. The number of thioether (sulfide) groups is 1. The molecule has 0 unspecified atom stereocenters. The number of sulfonamides is 1. The number of H-pyrrole nitrogens is 1. The highest BCUT2D eigenvalue weighted by Gasteiger charge is 2.40. The number of hydrogen-bond donors (Lipinski definition) is 1. The maximum absolute atomic E-state index is 13.3. The molecule has 6 rings (SSSR count). The summed E-state index contributed by atoms with van der Waals surface area (Å²) in [7, 11) is -3.74. The van der Waals surface area contributed by atoms with E-state index >= 15 is 0 Å². The minimum Gasteiger partial charge on any atom is -0.351 e. The molecule has 1 spiro atoms. The van der Waals surface area contributed by atoms with Gasteiger partial charge in [0.25, 0.3) is 10.0 Å². The molecule has 4 aromatic rings. The molecule has 0 bridgehead atoms. The summed E-state index contributed by atoms with van der Waals surface area (Å²) in [6.07, 6.45) is 5.36. The minimum atomic E-state index is -3.74. The number of aromatic nitrogens is 2. The third kappa shape index (κ3) is 4.63. The van der Waals surface area contributed by atoms with Crippen LogP contribution in [0.2, 0.25) is 0 Å². The first kappa shape index (κ1) is 24.4. The fourth-order valence-corrected chi connectivity index (χ4v) is 8.67. The lowest BCUT2D eigenvalue weighted by Crippen LogP contribution is -2.42. The number of nitrogens with one attached hydrogen (secondary N) is 1. The van der Waals surface area contributed by atoms with Crippen LogP contribution >= 0.6 is 23.1 Å². The summed E-state index contributed by atoms with van der Waals surface area (Å²) in [5.74, 6) is 0. The lowest BCUT2D eigenvalue weighted by atomic mass is 9.95. The number of para-hydroxylation sites is 1. The van der Waals surface area contributed by atoms with Crippen molar-refractivity contribution in [2.45, 2.75) is 28.3 Å². The molecule has 0 aliphatic carbocycles. The van der Waals surface area contributed by atoms with Crippen LogP contribution in [0.3, 0.4) is 0 Å². The summed E-state index contributed by atoms with van der Waals surface area (Å²) >= 11 is 3.06. The van der Waals surface area contributed by atoms with Crippen molar-refractivity contribution in [3.05, 3.63) is 90.3 Å². The van der Waals surface area contributed by atoms with Gasteiger partial charge in [-0.3, -0.25) is 14.9 Å². The van der Waals surface area contributed by atoms with Crippen molar-refractivity contribution in [1.82, 2.24) is 14.9 Å². The average Bonchev–Trinajstić information content (AvgIpc) is 3.67. The van der Waals surface area contributed by atoms with Gasteiger partial charge in [-0.2, -0.15) is 8.42 Å². The van der Waals surface area contributed by atoms with E-state index in [-0.39, 0.29) is 8.96 Å². The number of benzene rings is 1. The quantitative estimate of drug-likeness (QED) is 0.330. The molecular formula is C27H27N5O2S3. The van der Waals surface area contributed by atoms with Crippen LogP contribution < -0.4 is 4.31 Å². The second-order valence-corrected chi connectivity index (χ2v) is 13.8. The molecule has 10 heteroatoms. The zero-order valence-electron chi connectivity index (χ0n) is 20.2. The summed E-state index contributed by atoms with van der Waals surface area (Å²) in [6, 6.07) is 17.2. The van der Waals surface area contributed by atoms with E-state index in [2.05, 4.69) is 33.6 Å². The van der Waals surface area contributed by atoms with E-state index < -0.39 is 10.0 Å². The summed E-state index contributed by atoms with van der Waals surface area (Å²) in [4.78, 5) is 15.4. The van der Waals surface area contributed by atoms with Crippen molar-refractivity contribution in [2.75, 3.05) is 23.9 Å². The van der Waals surface area contributed by atoms with Crippen LogP contribution in [-0.2, 0) is 16.6 Å². The third-order valence-electron chi connectivity index (χ3n) is 6.98. The largest absolute Gasteiger partial charge is 0.351 e. The van der Waals surface area contributed by atoms with Gasteiger partial charge in [0, 0.05) is 29.1 Å². The zero-order chi connectivity index (χ0) is 25.5. The Morgan fingerprint density at radius 1 is 1.14 bits per heavy atom. The predicted molar refractivity (Wildman–Crippen MR) is 153 cm³/mol. The van der Waals surface area contributed by atoms with Gasteiger partial charge in [0.1, 0.15) is 9.25 Å². The van der Waals surface area contributed by atoms with Gasteiger partial charge in [-0.05, 0) is 61.6 Å². The molecule has 5 heterocycles. The Bertz CT molecular complexity index is 1550. The number of piperidine rings is 1. The Kier molecular flexibility index (Phi) is 6.44. The highest BCUT2D eigenvalue weighted by Crippen LogP contribution is 2.44. The molecule has 0 amide bonds. The smallest absolute Gasteiger partial charge is 0.277 e. The van der Waals surface area contributed by atoms with Gasteiger partial charge < -0.3 is 4.98 Å². The Morgan fingerprint density at radius 3 is 2.73 bits per heavy atom. The molecule has 1 aromatic carbocycles. The molecule has 0 atom stereocenters. The lowest BCUT2D eigenvalue weighted by molar-refractivity contribution is 0.194. The number of pyridine rings is 1. The number of fused-ring (bicyclic) bond motifs is 1. The van der Waals surface area contributed by atoms with Crippen LogP contribution in [0.4, 0.5) is 5.69 Å². The third-order valence-corrected chi connectivity index (χ3v) is 11.6. The van der Waals surface area contributed by atoms with Gasteiger partial charge in [0.15, 0.2) is 0 Å². The predicted octanol–water partition coefficient (Wildman–Crippen LogP) is 5.49. The molecule has 2 aliphatic heterocycles. The lowest BCUT2D eigenvalue weighted by Gasteiger charge is -2.37. The summed E-state index contributed by atoms with van der Waals surface area (Å²) in [5, 5.41) is 3.69. The fourth-order valence-electron chi connectivity index (χ4n) is 5.00. The van der Waals surface area contributed by atoms with E-state index in [4.69, 9.17) is 4.99 Å². The van der Waals surface area contributed by atoms with Gasteiger partial charge in [-0.1, -0.05) is 42.6 Å². The van der Waals surface area contributed by atoms with E-state index in [0.717, 1.165) is 66.4 Å². The second-order valence-electron chi connectivity index (χ2n) is 9.34. The molecule has 190 valence electrons. The Hall–Kier alpha value is -2.92. The van der Waals surface area contributed by atoms with Crippen molar-refractivity contribution >= 4 is 54.8 Å². The van der Waals surface area contributed by atoms with Crippen molar-refractivity contribution < 1.29 is 8.42 Å². The Morgan fingerprint density at radius 2 is 2.00 bits per heavy atom. The highest BCUT2D eigenvalue weighted by molar-refractivity contribution is 8.15. The van der Waals surface area contributed by atoms with Crippen LogP contribution in [0.15, 0.2) is 88.2 Å². The molecular weight excluding hydrogens is 523 g/mol. The zero-order valence-corrected chi connectivity index (χ0v) is 22.7. The number of thiophene rings is 1. The molecule has 1 N–H and O–H groups in total. The first-order valence-electron chi connectivity index (χ1n) is 12.2. The van der Waals surface area contributed by atoms with Crippen LogP contribution in [0.1, 0.15) is 24.2 Å². The molecule has 1 fully saturated rings. The van der Waals surface area contributed by atoms with E-state index in [0.29, 0.717) is 5.69 Å². The highest BCUT2D eigenvalue weighted by atomic mass is 32.2. The summed E-state index contributed by atoms with van der Waals surface area (Å²) in [6.45, 7) is 7.53. The molecule has 2 aliphatic rings. The number of aliphatic imine (C=N–C) groups is 1. The molecule has 7 nitrogen and oxygen atoms in total. The molecule has 1 saturated heterocycles. The Balaban J connectivity index is 1.20. The van der Waals surface area contributed by atoms with Crippen LogP contribution in [-0.4, -0.2) is 52.7 Å². The average molecular weight is 550 g/mol. The summed E-state index contributed by atoms with van der Waals surface area (Å²) < 4.78 is 28.2. The van der Waals surface area contributed by atoms with Crippen molar-refractivity contribution in [1.29, 1.82) is 0 Å². The number of likely N-dealkylation sites (tertiary alicyclic amines) is 1. The molecule has 37 heavy (non-hydrogen) atoms. The first-order valence-corrected chi connectivity index (χ1v) is 15.3. The van der Waals surface area contributed by atoms with E-state index in [1.165, 1.54) is 21.8 Å². The summed E-state index contributed by atoms with van der Waals surface area (Å²) in [5.41, 5.74) is 3.34. The normalized spacial score (nSPS) is 17.8. The minimum absolute atomic E-state index is 0.117. The van der Waals surface area contributed by atoms with Gasteiger partial charge in [-0.15, -0.1) is 11.3 Å². The van der Waals surface area contributed by atoms with Crippen molar-refractivity contribution in [3.63, 3.8) is 0 Å². The van der Waals surface area contributed by atoms with Crippen molar-refractivity contribution in [2.24, 2.45) is 4.99 Å². The van der Waals surface area contributed by atoms with Gasteiger partial charge >= 0.3 is 0 Å². The molecule has 0 radical (unpaired) electrons. The number of hydrogen-bond acceptors (Lipinski definition) is 7. The van der Waals surface area contributed by atoms with Crippen LogP contribution in [0.5, 0.6) is 0 Å². The number of anilines is 1. The van der Waals surface area contributed by atoms with E-state index in [9.17, 15) is 8.42 Å². The van der Waals surface area contributed by atoms with Crippen LogP contribution in [0.25, 0.3) is 10.9 Å². The first-order chi connectivity index (χ1) is 18.0. The van der Waals surface area contributed by atoms with Gasteiger partial charge in [-0.25, -0.2) is 4.31 Å². The second kappa shape index (κ2) is 9.75. The molecule has 0 saturated carbocycles. The standard InChI is InChI=1S/C27H27N5O2S3/c1-2-32(37(33,34)24-10-6-16-35-24)23-9-5-7-20-17-22(30-25(20)23)26-29-19-27(36-26)11-14-31(15-12-27)18-21-8-3-4-13-28-21/h2-10,13,16-17,30H,1,11-12,14-15,18-19H2. The maximum atomic E-state index is 13.3. The van der Waals surface area contributed by atoms with E-state index in [1.54, 1.807) is 23.6 Å². The monoisotopic (exact) mass is 549 g/mol. The SMILES string of the molecule is C=CN(c1cccc2cc(C3=NCC4(CCN(Cc5ccccn5)CC4)S3)[nH]c12)S(=O)(=O)c1cccs1. The fraction of sp³-hybridized carbons (Fsp3) is 0.259. The van der Waals surface area contributed by atoms with Gasteiger partial charge in [0.05, 0.1) is 29.1 Å². The maximum Gasteiger partial charge on any atom is 0.277 e. The number of aromatic amines is 1. The van der Waals surface area contributed by atoms with Gasteiger partial charge in [0.2, 0.25) is 0 Å². The molecule has 3 aromatic heterocycles. The topological polar surface area (TPSA) is 81.7 Å².